The summed E-state index contributed by atoms with van der Waals surface area (Å²) in [7, 11) is 0. The van der Waals surface area contributed by atoms with E-state index in [1.54, 1.807) is 0 Å². The predicted octanol–water partition coefficient (Wildman–Crippen LogP) is 1.78. The van der Waals surface area contributed by atoms with Gasteiger partial charge in [0.25, 0.3) is 0 Å². The average Bonchev–Trinajstić information content (AvgIpc) is 1.65. The van der Waals surface area contributed by atoms with Gasteiger partial charge in [-0.3, -0.25) is 4.79 Å². The number of aliphatic carboxylic acids is 1. The minimum Gasteiger partial charge on any atom is -0.481 e. The van der Waals surface area contributed by atoms with Crippen LogP contribution in [0, 0.1) is 0 Å². The SMILES string of the molecule is O=C(O)C/C(Cl)=C/Cl. The van der Waals surface area contributed by atoms with Gasteiger partial charge in [-0.1, -0.05) is 23.2 Å². The minimum absolute atomic E-state index is 0.138. The van der Waals surface area contributed by atoms with Crippen molar-refractivity contribution in [2.75, 3.05) is 0 Å². The molecule has 4 heteroatoms. The Balaban J connectivity index is 3.56. The van der Waals surface area contributed by atoms with Crippen molar-refractivity contribution in [3.8, 4) is 0 Å². The molecule has 0 radical (unpaired) electrons. The molecule has 0 unspecified atom stereocenters. The molecule has 0 saturated heterocycles. The van der Waals surface area contributed by atoms with E-state index in [0.717, 1.165) is 5.54 Å². The average molecular weight is 155 g/mol. The normalized spacial score (nSPS) is 11.5. The van der Waals surface area contributed by atoms with Gasteiger partial charge in [0.1, 0.15) is 0 Å². The van der Waals surface area contributed by atoms with E-state index >= 15 is 0 Å². The van der Waals surface area contributed by atoms with E-state index in [9.17, 15) is 4.79 Å². The number of rotatable bonds is 2. The summed E-state index contributed by atoms with van der Waals surface area (Å²) in [6.45, 7) is 0. The Kier molecular flexibility index (Phi) is 3.65. The van der Waals surface area contributed by atoms with Crippen LogP contribution in [0.1, 0.15) is 6.42 Å². The van der Waals surface area contributed by atoms with Gasteiger partial charge >= 0.3 is 5.97 Å². The number of carboxylic acid groups (broad SMARTS) is 1. The summed E-state index contributed by atoms with van der Waals surface area (Å²) in [5.41, 5.74) is 1.04. The first kappa shape index (κ1) is 7.79. The van der Waals surface area contributed by atoms with E-state index < -0.39 is 5.97 Å². The van der Waals surface area contributed by atoms with Gasteiger partial charge in [-0.15, -0.1) is 0 Å². The lowest BCUT2D eigenvalue weighted by Crippen LogP contribution is -1.92. The van der Waals surface area contributed by atoms with Crippen LogP contribution in [0.25, 0.3) is 0 Å². The third-order valence-corrected chi connectivity index (χ3v) is 1.06. The van der Waals surface area contributed by atoms with Crippen LogP contribution in [0.2, 0.25) is 0 Å². The molecule has 0 fully saturated rings. The number of hydrogen-bond donors (Lipinski definition) is 1. The van der Waals surface area contributed by atoms with Gasteiger partial charge in [-0.25, -0.2) is 0 Å². The highest BCUT2D eigenvalue weighted by Crippen LogP contribution is 2.07. The maximum absolute atomic E-state index is 9.78. The van der Waals surface area contributed by atoms with E-state index in [0.29, 0.717) is 0 Å². The Labute approximate surface area is 56.7 Å². The van der Waals surface area contributed by atoms with Crippen molar-refractivity contribution in [3.05, 3.63) is 10.6 Å². The van der Waals surface area contributed by atoms with Gasteiger partial charge in [-0.2, -0.15) is 0 Å². The minimum atomic E-state index is -0.980. The summed E-state index contributed by atoms with van der Waals surface area (Å²) in [5, 5.41) is 8.17. The Bertz CT molecular complexity index is 119. The zero-order valence-corrected chi connectivity index (χ0v) is 5.41. The van der Waals surface area contributed by atoms with Crippen molar-refractivity contribution in [3.63, 3.8) is 0 Å². The molecule has 0 aromatic heterocycles. The lowest BCUT2D eigenvalue weighted by atomic mass is 10.4. The van der Waals surface area contributed by atoms with Crippen LogP contribution in [0.15, 0.2) is 10.6 Å². The first-order valence-electron chi connectivity index (χ1n) is 1.83. The quantitative estimate of drug-likeness (QED) is 0.659. The molecule has 2 nitrogen and oxygen atoms in total. The second kappa shape index (κ2) is 3.75. The highest BCUT2D eigenvalue weighted by Gasteiger charge is 1.97. The van der Waals surface area contributed by atoms with Crippen molar-refractivity contribution in [2.45, 2.75) is 6.42 Å². The van der Waals surface area contributed by atoms with Gasteiger partial charge in [0, 0.05) is 10.6 Å². The summed E-state index contributed by atoms with van der Waals surface area (Å²) in [4.78, 5) is 9.78. The molecular weight excluding hydrogens is 151 g/mol. The van der Waals surface area contributed by atoms with E-state index in [2.05, 4.69) is 0 Å². The molecular formula is C4H4Cl2O2. The molecule has 0 heterocycles. The van der Waals surface area contributed by atoms with Gasteiger partial charge in [-0.05, 0) is 0 Å². The molecule has 0 atom stereocenters. The van der Waals surface area contributed by atoms with E-state index in [4.69, 9.17) is 28.3 Å². The highest BCUT2D eigenvalue weighted by atomic mass is 35.5. The van der Waals surface area contributed by atoms with Gasteiger partial charge < -0.3 is 5.11 Å². The Morgan fingerprint density at radius 1 is 1.75 bits per heavy atom. The molecule has 8 heavy (non-hydrogen) atoms. The molecule has 0 spiro atoms. The number of halogens is 2. The smallest absolute Gasteiger partial charge is 0.308 e. The Morgan fingerprint density at radius 2 is 2.25 bits per heavy atom. The van der Waals surface area contributed by atoms with Crippen LogP contribution >= 0.6 is 23.2 Å². The predicted molar refractivity (Wildman–Crippen MR) is 32.0 cm³/mol. The number of hydrogen-bond acceptors (Lipinski definition) is 1. The molecule has 0 amide bonds. The monoisotopic (exact) mass is 154 g/mol. The molecule has 0 saturated carbocycles. The lowest BCUT2D eigenvalue weighted by Gasteiger charge is -1.86. The summed E-state index contributed by atoms with van der Waals surface area (Å²) in [5.74, 6) is -0.980. The largest absolute Gasteiger partial charge is 0.481 e. The zero-order chi connectivity index (χ0) is 6.57. The van der Waals surface area contributed by atoms with Crippen molar-refractivity contribution >= 4 is 29.2 Å². The first-order chi connectivity index (χ1) is 3.66. The Hall–Kier alpha value is -0.210. The first-order valence-corrected chi connectivity index (χ1v) is 2.65. The maximum atomic E-state index is 9.78. The molecule has 0 aromatic carbocycles. The van der Waals surface area contributed by atoms with E-state index in [-0.39, 0.29) is 11.5 Å². The molecule has 0 aromatic rings. The molecule has 0 aliphatic carbocycles. The second-order valence-electron chi connectivity index (χ2n) is 1.13. The summed E-state index contributed by atoms with van der Waals surface area (Å²) in [6.07, 6.45) is -0.203. The molecule has 1 N–H and O–H groups in total. The highest BCUT2D eigenvalue weighted by molar-refractivity contribution is 6.37. The molecule has 46 valence electrons. The second-order valence-corrected chi connectivity index (χ2v) is 1.83. The number of carboxylic acids is 1. The van der Waals surface area contributed by atoms with Crippen molar-refractivity contribution < 1.29 is 9.90 Å². The van der Waals surface area contributed by atoms with Crippen molar-refractivity contribution in [2.24, 2.45) is 0 Å². The van der Waals surface area contributed by atoms with E-state index in [1.807, 2.05) is 0 Å². The molecule has 0 aliphatic rings. The topological polar surface area (TPSA) is 37.3 Å². The molecule has 0 bridgehead atoms. The van der Waals surface area contributed by atoms with Gasteiger partial charge in [0.15, 0.2) is 0 Å². The maximum Gasteiger partial charge on any atom is 0.308 e. The standard InChI is InChI=1S/C4H4Cl2O2/c5-2-3(6)1-4(7)8/h2H,1H2,(H,7,8)/b3-2-. The van der Waals surface area contributed by atoms with Crippen molar-refractivity contribution in [1.29, 1.82) is 0 Å². The third-order valence-electron chi connectivity index (χ3n) is 0.438. The summed E-state index contributed by atoms with van der Waals surface area (Å²) >= 11 is 10.2. The van der Waals surface area contributed by atoms with Crippen LogP contribution in [0.5, 0.6) is 0 Å². The van der Waals surface area contributed by atoms with Crippen LogP contribution in [0.4, 0.5) is 0 Å². The number of carbonyl (C=O) groups is 1. The fourth-order valence-corrected chi connectivity index (χ4v) is 0.375. The fraction of sp³-hybridized carbons (Fsp3) is 0.250. The zero-order valence-electron chi connectivity index (χ0n) is 3.90. The van der Waals surface area contributed by atoms with E-state index in [1.165, 1.54) is 0 Å². The van der Waals surface area contributed by atoms with Gasteiger partial charge in [0.05, 0.1) is 6.42 Å². The van der Waals surface area contributed by atoms with Crippen LogP contribution in [0.3, 0.4) is 0 Å². The Morgan fingerprint density at radius 3 is 2.38 bits per heavy atom. The van der Waals surface area contributed by atoms with Crippen LogP contribution in [-0.2, 0) is 4.79 Å². The molecule has 0 rings (SSSR count). The van der Waals surface area contributed by atoms with Crippen LogP contribution < -0.4 is 0 Å². The summed E-state index contributed by atoms with van der Waals surface area (Å²) < 4.78 is 0. The van der Waals surface area contributed by atoms with Gasteiger partial charge in [0.2, 0.25) is 0 Å². The summed E-state index contributed by atoms with van der Waals surface area (Å²) in [6, 6.07) is 0. The lowest BCUT2D eigenvalue weighted by molar-refractivity contribution is -0.136. The van der Waals surface area contributed by atoms with Crippen LogP contribution in [-0.4, -0.2) is 11.1 Å². The fourth-order valence-electron chi connectivity index (χ4n) is 0.183. The van der Waals surface area contributed by atoms with Crippen molar-refractivity contribution in [1.82, 2.24) is 0 Å². The molecule has 0 aliphatic heterocycles. The third kappa shape index (κ3) is 3.96.